The predicted molar refractivity (Wildman–Crippen MR) is 70.4 cm³/mol. The van der Waals surface area contributed by atoms with E-state index < -0.39 is 0 Å². The van der Waals surface area contributed by atoms with Crippen molar-refractivity contribution in [3.63, 3.8) is 0 Å². The number of rotatable bonds is 5. The number of aromatic nitrogens is 3. The van der Waals surface area contributed by atoms with Crippen LogP contribution in [0.3, 0.4) is 0 Å². The lowest BCUT2D eigenvalue weighted by Gasteiger charge is -2.04. The van der Waals surface area contributed by atoms with Crippen molar-refractivity contribution in [1.29, 1.82) is 0 Å². The lowest BCUT2D eigenvalue weighted by Crippen LogP contribution is -2.15. The van der Waals surface area contributed by atoms with Crippen LogP contribution in [0.2, 0.25) is 5.02 Å². The van der Waals surface area contributed by atoms with Crippen LogP contribution in [0.15, 0.2) is 30.7 Å². The highest BCUT2D eigenvalue weighted by Crippen LogP contribution is 2.19. The van der Waals surface area contributed by atoms with E-state index in [-0.39, 0.29) is 0 Å². The first-order valence-corrected chi connectivity index (χ1v) is 6.52. The molecule has 5 heteroatoms. The fraction of sp³-hybridized carbons (Fsp3) is 0.385. The van der Waals surface area contributed by atoms with Gasteiger partial charge in [-0.2, -0.15) is 5.10 Å². The Morgan fingerprint density at radius 2 is 2.22 bits per heavy atom. The number of hydrogen-bond donors (Lipinski definition) is 1. The number of nitrogens with one attached hydrogen (secondary N) is 1. The van der Waals surface area contributed by atoms with Crippen molar-refractivity contribution in [2.24, 2.45) is 0 Å². The van der Waals surface area contributed by atoms with Gasteiger partial charge in [0.15, 0.2) is 0 Å². The topological polar surface area (TPSA) is 42.7 Å². The summed E-state index contributed by atoms with van der Waals surface area (Å²) in [5.74, 6) is 0. The second kappa shape index (κ2) is 5.08. The van der Waals surface area contributed by atoms with Gasteiger partial charge in [-0.3, -0.25) is 9.67 Å². The fourth-order valence-electron chi connectivity index (χ4n) is 1.79. The van der Waals surface area contributed by atoms with Crippen LogP contribution in [0.25, 0.3) is 0 Å². The Bertz CT molecular complexity index is 516. The van der Waals surface area contributed by atoms with Gasteiger partial charge in [-0.1, -0.05) is 17.7 Å². The summed E-state index contributed by atoms with van der Waals surface area (Å²) in [7, 11) is 0. The Labute approximate surface area is 111 Å². The molecule has 1 fully saturated rings. The third kappa shape index (κ3) is 3.09. The van der Waals surface area contributed by atoms with Crippen LogP contribution in [0.4, 0.5) is 0 Å². The Balaban J connectivity index is 1.59. The molecule has 4 nitrogen and oxygen atoms in total. The summed E-state index contributed by atoms with van der Waals surface area (Å²) < 4.78 is 1.78. The van der Waals surface area contributed by atoms with E-state index in [1.807, 2.05) is 12.3 Å². The average molecular weight is 263 g/mol. The minimum absolute atomic E-state index is 0.653. The summed E-state index contributed by atoms with van der Waals surface area (Å²) in [6, 6.07) is 4.89. The first-order chi connectivity index (χ1) is 8.79. The van der Waals surface area contributed by atoms with E-state index in [1.165, 1.54) is 18.4 Å². The van der Waals surface area contributed by atoms with Gasteiger partial charge in [0, 0.05) is 25.0 Å². The molecule has 2 aromatic rings. The first-order valence-electron chi connectivity index (χ1n) is 6.15. The van der Waals surface area contributed by atoms with Gasteiger partial charge in [0.2, 0.25) is 0 Å². The highest BCUT2D eigenvalue weighted by Gasteiger charge is 2.19. The van der Waals surface area contributed by atoms with Crippen molar-refractivity contribution in [3.8, 4) is 0 Å². The van der Waals surface area contributed by atoms with Gasteiger partial charge < -0.3 is 5.32 Å². The molecule has 1 aliphatic carbocycles. The minimum atomic E-state index is 0.653. The van der Waals surface area contributed by atoms with Crippen LogP contribution in [-0.4, -0.2) is 20.8 Å². The van der Waals surface area contributed by atoms with Gasteiger partial charge in [-0.15, -0.1) is 0 Å². The molecule has 2 heterocycles. The Hall–Kier alpha value is -1.39. The predicted octanol–water partition coefficient (Wildman–Crippen LogP) is 2.23. The molecule has 1 aliphatic rings. The molecule has 0 aliphatic heterocycles. The lowest BCUT2D eigenvalue weighted by molar-refractivity contribution is 0.665. The quantitative estimate of drug-likeness (QED) is 0.899. The summed E-state index contributed by atoms with van der Waals surface area (Å²) in [5, 5.41) is 8.26. The molecule has 0 spiro atoms. The third-order valence-electron chi connectivity index (χ3n) is 2.98. The maximum Gasteiger partial charge on any atom is 0.0831 e. The highest BCUT2D eigenvalue weighted by atomic mass is 35.5. The van der Waals surface area contributed by atoms with Gasteiger partial charge in [-0.25, -0.2) is 0 Å². The molecule has 94 valence electrons. The molecule has 1 N–H and O–H groups in total. The summed E-state index contributed by atoms with van der Waals surface area (Å²) in [5.41, 5.74) is 2.22. The van der Waals surface area contributed by atoms with Gasteiger partial charge in [0.05, 0.1) is 23.5 Å². The molecule has 0 radical (unpaired) electrons. The van der Waals surface area contributed by atoms with Crippen LogP contribution in [0, 0.1) is 0 Å². The minimum Gasteiger partial charge on any atom is -0.310 e. The summed E-state index contributed by atoms with van der Waals surface area (Å²) in [6.45, 7) is 1.56. The fourth-order valence-corrected chi connectivity index (χ4v) is 1.95. The van der Waals surface area contributed by atoms with Crippen LogP contribution in [0.5, 0.6) is 0 Å². The third-order valence-corrected chi connectivity index (χ3v) is 3.18. The zero-order valence-electron chi connectivity index (χ0n) is 10.0. The van der Waals surface area contributed by atoms with E-state index in [0.717, 1.165) is 18.3 Å². The molecule has 0 atom stereocenters. The smallest absolute Gasteiger partial charge is 0.0831 e. The molecule has 0 unspecified atom stereocenters. The van der Waals surface area contributed by atoms with Crippen molar-refractivity contribution in [2.45, 2.75) is 32.0 Å². The van der Waals surface area contributed by atoms with Gasteiger partial charge in [0.1, 0.15) is 0 Å². The zero-order chi connectivity index (χ0) is 12.4. The Morgan fingerprint density at radius 1 is 1.33 bits per heavy atom. The van der Waals surface area contributed by atoms with Crippen molar-refractivity contribution in [3.05, 3.63) is 47.0 Å². The van der Waals surface area contributed by atoms with Crippen LogP contribution in [-0.2, 0) is 13.1 Å². The second-order valence-corrected chi connectivity index (χ2v) is 5.11. The molecular formula is C13H15ClN4. The van der Waals surface area contributed by atoms with Crippen LogP contribution in [0.1, 0.15) is 24.1 Å². The second-order valence-electron chi connectivity index (χ2n) is 4.67. The molecule has 0 aromatic carbocycles. The van der Waals surface area contributed by atoms with Crippen molar-refractivity contribution < 1.29 is 0 Å². The molecule has 3 rings (SSSR count). The lowest BCUT2D eigenvalue weighted by atomic mass is 10.2. The van der Waals surface area contributed by atoms with E-state index in [2.05, 4.69) is 21.5 Å². The maximum absolute atomic E-state index is 5.82. The normalized spacial score (nSPS) is 14.9. The van der Waals surface area contributed by atoms with Gasteiger partial charge in [-0.05, 0) is 24.5 Å². The monoisotopic (exact) mass is 262 g/mol. The summed E-state index contributed by atoms with van der Waals surface area (Å²) >= 11 is 5.82. The maximum atomic E-state index is 5.82. The molecule has 18 heavy (non-hydrogen) atoms. The van der Waals surface area contributed by atoms with E-state index in [9.17, 15) is 0 Å². The summed E-state index contributed by atoms with van der Waals surface area (Å²) in [6.07, 6.45) is 7.98. The van der Waals surface area contributed by atoms with Gasteiger partial charge >= 0.3 is 0 Å². The van der Waals surface area contributed by atoms with Crippen molar-refractivity contribution >= 4 is 11.6 Å². The van der Waals surface area contributed by atoms with E-state index >= 15 is 0 Å². The SMILES string of the molecule is Clc1cnn(Cc2ccc(CNC3CC3)cn2)c1. The van der Waals surface area contributed by atoms with E-state index in [0.29, 0.717) is 11.6 Å². The largest absolute Gasteiger partial charge is 0.310 e. The van der Waals surface area contributed by atoms with Crippen molar-refractivity contribution in [2.75, 3.05) is 0 Å². The average Bonchev–Trinajstić information content (AvgIpc) is 3.12. The Morgan fingerprint density at radius 3 is 2.83 bits per heavy atom. The van der Waals surface area contributed by atoms with Crippen LogP contribution >= 0.6 is 11.6 Å². The molecule has 0 saturated heterocycles. The number of halogens is 1. The molecule has 0 bridgehead atoms. The van der Waals surface area contributed by atoms with Crippen LogP contribution < -0.4 is 5.32 Å². The van der Waals surface area contributed by atoms with Crippen molar-refractivity contribution in [1.82, 2.24) is 20.1 Å². The van der Waals surface area contributed by atoms with E-state index in [1.54, 1.807) is 17.1 Å². The highest BCUT2D eigenvalue weighted by molar-refractivity contribution is 6.30. The molecule has 0 amide bonds. The molecule has 2 aromatic heterocycles. The Kier molecular flexibility index (Phi) is 3.30. The molecule has 1 saturated carbocycles. The molecular weight excluding hydrogens is 248 g/mol. The first kappa shape index (κ1) is 11.7. The van der Waals surface area contributed by atoms with E-state index in [4.69, 9.17) is 11.6 Å². The van der Waals surface area contributed by atoms with Gasteiger partial charge in [0.25, 0.3) is 0 Å². The standard InChI is InChI=1S/C13H15ClN4/c14-11-7-17-18(8-11)9-13-2-1-10(6-16-13)5-15-12-3-4-12/h1-2,6-8,12,15H,3-5,9H2. The number of hydrogen-bond acceptors (Lipinski definition) is 3. The number of pyridine rings is 1. The number of nitrogens with zero attached hydrogens (tertiary/aromatic N) is 3. The summed E-state index contributed by atoms with van der Waals surface area (Å²) in [4.78, 5) is 4.44. The zero-order valence-corrected chi connectivity index (χ0v) is 10.8.